The summed E-state index contributed by atoms with van der Waals surface area (Å²) in [6, 6.07) is 26.2. The van der Waals surface area contributed by atoms with Crippen molar-refractivity contribution in [1.29, 1.82) is 0 Å². The molecule has 0 atom stereocenters. The highest BCUT2D eigenvalue weighted by Crippen LogP contribution is 2.18. The van der Waals surface area contributed by atoms with Crippen molar-refractivity contribution in [3.63, 3.8) is 0 Å². The zero-order chi connectivity index (χ0) is 21.2. The zero-order valence-electron chi connectivity index (χ0n) is 16.8. The van der Waals surface area contributed by atoms with Crippen LogP contribution in [0.15, 0.2) is 84.9 Å². The highest BCUT2D eigenvalue weighted by Gasteiger charge is 2.05. The number of anilines is 1. The first kappa shape index (κ1) is 21.6. The lowest BCUT2D eigenvalue weighted by Crippen LogP contribution is -2.09. The van der Waals surface area contributed by atoms with Gasteiger partial charge in [0.25, 0.3) is 0 Å². The van der Waals surface area contributed by atoms with Crippen molar-refractivity contribution in [2.24, 2.45) is 0 Å². The smallest absolute Gasteiger partial charge is 0.248 e. The van der Waals surface area contributed by atoms with Gasteiger partial charge in [-0.25, -0.2) is 0 Å². The maximum absolute atomic E-state index is 12.4. The minimum Gasteiger partial charge on any atom is -0.322 e. The lowest BCUT2D eigenvalue weighted by Gasteiger charge is -2.09. The molecule has 3 aromatic rings. The topological polar surface area (TPSA) is 46.2 Å². The van der Waals surface area contributed by atoms with Crippen molar-refractivity contribution in [2.75, 3.05) is 5.32 Å². The molecule has 0 saturated heterocycles. The summed E-state index contributed by atoms with van der Waals surface area (Å²) in [5.74, 6) is -0.180. The van der Waals surface area contributed by atoms with Gasteiger partial charge < -0.3 is 5.32 Å². The number of thiol groups is 1. The molecule has 0 bridgehead atoms. The summed E-state index contributed by atoms with van der Waals surface area (Å²) >= 11 is 3.80. The first-order valence-corrected chi connectivity index (χ1v) is 10.5. The summed E-state index contributed by atoms with van der Waals surface area (Å²) in [6.45, 7) is 0. The van der Waals surface area contributed by atoms with Crippen LogP contribution in [0.5, 0.6) is 0 Å². The molecule has 0 fully saturated rings. The minimum absolute atomic E-state index is 0.116. The molecule has 0 heterocycles. The van der Waals surface area contributed by atoms with Gasteiger partial charge in [-0.1, -0.05) is 72.8 Å². The first-order chi connectivity index (χ1) is 14.6. The second-order valence-electron chi connectivity index (χ2n) is 7.13. The average molecular weight is 416 g/mol. The molecule has 0 unspecified atom stereocenters. The van der Waals surface area contributed by atoms with E-state index < -0.39 is 0 Å². The molecule has 3 nitrogen and oxygen atoms in total. The van der Waals surface area contributed by atoms with Crippen LogP contribution in [0.4, 0.5) is 5.69 Å². The number of benzene rings is 3. The molecule has 3 rings (SSSR count). The van der Waals surface area contributed by atoms with Crippen LogP contribution in [0.25, 0.3) is 6.08 Å². The van der Waals surface area contributed by atoms with Gasteiger partial charge in [-0.3, -0.25) is 9.59 Å². The average Bonchev–Trinajstić information content (AvgIpc) is 2.75. The zero-order valence-corrected chi connectivity index (χ0v) is 17.6. The van der Waals surface area contributed by atoms with Crippen LogP contribution in [0.2, 0.25) is 0 Å². The lowest BCUT2D eigenvalue weighted by atomic mass is 10.0. The Labute approximate surface area is 183 Å². The van der Waals surface area contributed by atoms with Crippen molar-refractivity contribution in [3.8, 4) is 0 Å². The molecule has 0 aromatic heterocycles. The highest BCUT2D eigenvalue weighted by atomic mass is 32.1. The van der Waals surface area contributed by atoms with Gasteiger partial charge in [0.05, 0.1) is 0 Å². The molecule has 0 aliphatic heterocycles. The van der Waals surface area contributed by atoms with E-state index in [0.29, 0.717) is 12.8 Å². The molecule has 152 valence electrons. The van der Waals surface area contributed by atoms with Gasteiger partial charge in [0, 0.05) is 18.2 Å². The maximum Gasteiger partial charge on any atom is 0.248 e. The highest BCUT2D eigenvalue weighted by molar-refractivity contribution is 7.96. The number of carbonyl (C=O) groups excluding carboxylic acids is 2. The van der Waals surface area contributed by atoms with Crippen LogP contribution in [0, 0.1) is 0 Å². The Balaban J connectivity index is 1.56. The lowest BCUT2D eigenvalue weighted by molar-refractivity contribution is -0.112. The van der Waals surface area contributed by atoms with Gasteiger partial charge in [-0.2, -0.15) is 0 Å². The molecular weight excluding hydrogens is 390 g/mol. The van der Waals surface area contributed by atoms with E-state index in [4.69, 9.17) is 0 Å². The molecular formula is C26H25NO2S. The Kier molecular flexibility index (Phi) is 8.04. The summed E-state index contributed by atoms with van der Waals surface area (Å²) in [5.41, 5.74) is 5.27. The minimum atomic E-state index is -0.180. The Hall–Kier alpha value is -3.11. The van der Waals surface area contributed by atoms with Crippen LogP contribution in [-0.2, 0) is 22.4 Å². The number of amides is 1. The molecule has 0 aliphatic rings. The van der Waals surface area contributed by atoms with Crippen LogP contribution in [0.1, 0.15) is 35.1 Å². The molecule has 0 spiro atoms. The fourth-order valence-corrected chi connectivity index (χ4v) is 3.37. The SMILES string of the molecule is O=C(S)CCCc1ccccc1NC(=O)C=Cc1ccc(Cc2ccccc2)cc1. The van der Waals surface area contributed by atoms with Gasteiger partial charge in [0.15, 0.2) is 5.12 Å². The standard InChI is InChI=1S/C26H25NO2S/c28-25(27-24-11-5-4-9-23(24)10-6-12-26(29)30)18-17-20-13-15-22(16-14-20)19-21-7-2-1-3-8-21/h1-5,7-9,11,13-18H,6,10,12,19H2,(H,27,28)(H,29,30). The quantitative estimate of drug-likeness (QED) is 0.347. The Morgan fingerprint density at radius 2 is 1.50 bits per heavy atom. The Morgan fingerprint density at radius 1 is 0.833 bits per heavy atom. The second-order valence-corrected chi connectivity index (χ2v) is 7.63. The normalized spacial score (nSPS) is 10.8. The molecule has 0 saturated carbocycles. The number of hydrogen-bond donors (Lipinski definition) is 2. The summed E-state index contributed by atoms with van der Waals surface area (Å²) in [4.78, 5) is 23.4. The van der Waals surface area contributed by atoms with Crippen molar-refractivity contribution in [3.05, 3.63) is 107 Å². The summed E-state index contributed by atoms with van der Waals surface area (Å²) in [7, 11) is 0. The third kappa shape index (κ3) is 7.05. The maximum atomic E-state index is 12.4. The number of nitrogens with one attached hydrogen (secondary N) is 1. The number of carbonyl (C=O) groups is 2. The van der Waals surface area contributed by atoms with E-state index in [1.807, 2.05) is 60.7 Å². The molecule has 1 N–H and O–H groups in total. The largest absolute Gasteiger partial charge is 0.322 e. The van der Waals surface area contributed by atoms with Crippen molar-refractivity contribution in [1.82, 2.24) is 0 Å². The predicted molar refractivity (Wildman–Crippen MR) is 127 cm³/mol. The van der Waals surface area contributed by atoms with Gasteiger partial charge in [0.2, 0.25) is 5.91 Å². The second kappa shape index (κ2) is 11.2. The van der Waals surface area contributed by atoms with E-state index in [-0.39, 0.29) is 11.0 Å². The molecule has 4 heteroatoms. The van der Waals surface area contributed by atoms with E-state index >= 15 is 0 Å². The van der Waals surface area contributed by atoms with Gasteiger partial charge in [0.1, 0.15) is 0 Å². The monoisotopic (exact) mass is 415 g/mol. The fourth-order valence-electron chi connectivity index (χ4n) is 3.21. The van der Waals surface area contributed by atoms with Crippen LogP contribution < -0.4 is 5.32 Å². The Bertz CT molecular complexity index is 1010. The third-order valence-electron chi connectivity index (χ3n) is 4.77. The van der Waals surface area contributed by atoms with E-state index in [0.717, 1.165) is 29.7 Å². The number of aryl methyl sites for hydroxylation is 1. The Morgan fingerprint density at radius 3 is 2.23 bits per heavy atom. The fraction of sp³-hybridized carbons (Fsp3) is 0.154. The number of hydrogen-bond acceptors (Lipinski definition) is 2. The van der Waals surface area contributed by atoms with E-state index in [1.54, 1.807) is 6.08 Å². The summed E-state index contributed by atoms with van der Waals surface area (Å²) in [5, 5.41) is 2.82. The summed E-state index contributed by atoms with van der Waals surface area (Å²) < 4.78 is 0. The van der Waals surface area contributed by atoms with Crippen LogP contribution in [0.3, 0.4) is 0 Å². The van der Waals surface area contributed by atoms with E-state index in [1.165, 1.54) is 11.1 Å². The summed E-state index contributed by atoms with van der Waals surface area (Å²) in [6.07, 6.45) is 6.09. The number of rotatable bonds is 9. The van der Waals surface area contributed by atoms with Crippen molar-refractivity contribution >= 4 is 35.4 Å². The van der Waals surface area contributed by atoms with E-state index in [9.17, 15) is 9.59 Å². The molecule has 30 heavy (non-hydrogen) atoms. The van der Waals surface area contributed by atoms with Gasteiger partial charge >= 0.3 is 0 Å². The molecule has 0 radical (unpaired) electrons. The van der Waals surface area contributed by atoms with Gasteiger partial charge in [-0.15, -0.1) is 12.6 Å². The van der Waals surface area contributed by atoms with Crippen LogP contribution in [-0.4, -0.2) is 11.0 Å². The van der Waals surface area contributed by atoms with E-state index in [2.05, 4.69) is 42.2 Å². The van der Waals surface area contributed by atoms with Crippen LogP contribution >= 0.6 is 12.6 Å². The molecule has 3 aromatic carbocycles. The van der Waals surface area contributed by atoms with Gasteiger partial charge in [-0.05, 0) is 53.7 Å². The van der Waals surface area contributed by atoms with Crippen molar-refractivity contribution < 1.29 is 9.59 Å². The third-order valence-corrected chi connectivity index (χ3v) is 4.99. The molecule has 0 aliphatic carbocycles. The predicted octanol–water partition coefficient (Wildman–Crippen LogP) is 5.71. The number of para-hydroxylation sites is 1. The van der Waals surface area contributed by atoms with Crippen molar-refractivity contribution in [2.45, 2.75) is 25.7 Å². The first-order valence-electron chi connectivity index (χ1n) is 10.0. The molecule has 1 amide bonds.